The highest BCUT2D eigenvalue weighted by Crippen LogP contribution is 2.45. The summed E-state index contributed by atoms with van der Waals surface area (Å²) < 4.78 is 19.7. The van der Waals surface area contributed by atoms with Crippen LogP contribution in [-0.2, 0) is 0 Å². The quantitative estimate of drug-likeness (QED) is 0.195. The van der Waals surface area contributed by atoms with Crippen molar-refractivity contribution in [1.29, 1.82) is 0 Å². The summed E-state index contributed by atoms with van der Waals surface area (Å²) in [5, 5.41) is 7.39. The summed E-state index contributed by atoms with van der Waals surface area (Å²) in [6, 6.07) is 49.7. The van der Waals surface area contributed by atoms with Gasteiger partial charge in [-0.1, -0.05) is 103 Å². The Labute approximate surface area is 278 Å². The molecule has 0 bridgehead atoms. The van der Waals surface area contributed by atoms with E-state index in [0.29, 0.717) is 17.1 Å². The van der Waals surface area contributed by atoms with Crippen molar-refractivity contribution in [2.75, 3.05) is 0 Å². The van der Waals surface area contributed by atoms with Crippen molar-refractivity contribution in [3.63, 3.8) is 0 Å². The van der Waals surface area contributed by atoms with E-state index in [9.17, 15) is 0 Å². The average Bonchev–Trinajstić information content (AvgIpc) is 3.86. The Kier molecular flexibility index (Phi) is 5.32. The molecule has 4 aromatic heterocycles. The topological polar surface area (TPSA) is 65.2 Å². The lowest BCUT2D eigenvalue weighted by molar-refractivity contribution is 0.666. The number of fused-ring (bicyclic) bond motifs is 10. The van der Waals surface area contributed by atoms with E-state index in [4.69, 9.17) is 23.2 Å². The first kappa shape index (κ1) is 26.4. The maximum atomic E-state index is 6.70. The summed E-state index contributed by atoms with van der Waals surface area (Å²) in [7, 11) is 0. The highest BCUT2D eigenvalue weighted by Gasteiger charge is 2.24. The van der Waals surface area contributed by atoms with Crippen LogP contribution in [0.25, 0.3) is 110 Å². The van der Waals surface area contributed by atoms with Gasteiger partial charge in [0.05, 0.1) is 5.56 Å². The maximum Gasteiger partial charge on any atom is 0.180 e. The second-order valence-corrected chi connectivity index (χ2v) is 12.5. The highest BCUT2D eigenvalue weighted by molar-refractivity contribution is 6.19. The second-order valence-electron chi connectivity index (χ2n) is 12.5. The summed E-state index contributed by atoms with van der Waals surface area (Å²) in [6.07, 6.45) is 0. The predicted octanol–water partition coefficient (Wildman–Crippen LogP) is 12.3. The summed E-state index contributed by atoms with van der Waals surface area (Å²) in [5.74, 6) is 0.568. The van der Waals surface area contributed by atoms with Crippen molar-refractivity contribution in [2.45, 2.75) is 0 Å². The first-order chi connectivity index (χ1) is 24.3. The Balaban J connectivity index is 1.24. The molecule has 0 N–H and O–H groups in total. The van der Waals surface area contributed by atoms with E-state index in [1.54, 1.807) is 0 Å². The van der Waals surface area contributed by atoms with Gasteiger partial charge in [0.2, 0.25) is 0 Å². The van der Waals surface area contributed by atoms with E-state index < -0.39 is 0 Å². The monoisotopic (exact) mass is 628 g/mol. The summed E-state index contributed by atoms with van der Waals surface area (Å²) in [5.41, 5.74) is 9.88. The van der Waals surface area contributed by atoms with Gasteiger partial charge in [-0.05, 0) is 58.8 Å². The van der Waals surface area contributed by atoms with E-state index in [0.717, 1.165) is 82.6 Å². The molecule has 0 aliphatic rings. The fourth-order valence-corrected chi connectivity index (χ4v) is 7.43. The van der Waals surface area contributed by atoms with E-state index in [-0.39, 0.29) is 0 Å². The van der Waals surface area contributed by atoms with Crippen molar-refractivity contribution in [1.82, 2.24) is 9.97 Å². The van der Waals surface area contributed by atoms with Crippen LogP contribution in [0.4, 0.5) is 0 Å². The van der Waals surface area contributed by atoms with Gasteiger partial charge in [0.1, 0.15) is 39.1 Å². The molecule has 0 aliphatic carbocycles. The van der Waals surface area contributed by atoms with E-state index >= 15 is 0 Å². The first-order valence-electron chi connectivity index (χ1n) is 16.3. The van der Waals surface area contributed by atoms with E-state index in [1.807, 2.05) is 66.7 Å². The van der Waals surface area contributed by atoms with Crippen LogP contribution in [-0.4, -0.2) is 9.97 Å². The number of hydrogen-bond acceptors (Lipinski definition) is 5. The van der Waals surface area contributed by atoms with Gasteiger partial charge in [0.25, 0.3) is 0 Å². The Morgan fingerprint density at radius 2 is 1.02 bits per heavy atom. The molecule has 49 heavy (non-hydrogen) atoms. The fourth-order valence-electron chi connectivity index (χ4n) is 7.43. The van der Waals surface area contributed by atoms with Crippen molar-refractivity contribution in [3.05, 3.63) is 146 Å². The Bertz CT molecular complexity index is 3130. The van der Waals surface area contributed by atoms with Crippen LogP contribution in [0.1, 0.15) is 0 Å². The van der Waals surface area contributed by atoms with Crippen LogP contribution < -0.4 is 0 Å². The molecular formula is C44H24N2O3. The summed E-state index contributed by atoms with van der Waals surface area (Å²) >= 11 is 0. The largest absolute Gasteiger partial charge is 0.455 e. The van der Waals surface area contributed by atoms with Crippen LogP contribution in [0.5, 0.6) is 0 Å². The number of hydrogen-bond donors (Lipinski definition) is 0. The van der Waals surface area contributed by atoms with E-state index in [2.05, 4.69) is 78.9 Å². The molecule has 0 saturated heterocycles. The van der Waals surface area contributed by atoms with Crippen molar-refractivity contribution >= 4 is 76.7 Å². The number of furan rings is 3. The maximum absolute atomic E-state index is 6.70. The zero-order valence-corrected chi connectivity index (χ0v) is 26.0. The molecule has 4 heterocycles. The lowest BCUT2D eigenvalue weighted by Gasteiger charge is -2.11. The van der Waals surface area contributed by atoms with E-state index in [1.165, 1.54) is 10.8 Å². The van der Waals surface area contributed by atoms with Gasteiger partial charge in [-0.15, -0.1) is 0 Å². The van der Waals surface area contributed by atoms with Crippen LogP contribution in [0, 0.1) is 0 Å². The molecule has 0 spiro atoms. The highest BCUT2D eigenvalue weighted by atomic mass is 16.3. The molecule has 0 amide bonds. The number of benzene rings is 7. The van der Waals surface area contributed by atoms with Gasteiger partial charge in [-0.2, -0.15) is 0 Å². The van der Waals surface area contributed by atoms with Crippen LogP contribution in [0.2, 0.25) is 0 Å². The van der Waals surface area contributed by atoms with Gasteiger partial charge in [-0.3, -0.25) is 0 Å². The zero-order valence-electron chi connectivity index (χ0n) is 26.0. The predicted molar refractivity (Wildman–Crippen MR) is 198 cm³/mol. The smallest absolute Gasteiger partial charge is 0.180 e. The molecule has 7 aromatic carbocycles. The SMILES string of the molecule is c1ccc2cc(-c3ccc(-c4nc(-c5cccc6c5oc5ccccc56)nc5c4oc4ccccc45)c4c3oc3ccccc34)ccc2c1. The molecule has 0 fully saturated rings. The van der Waals surface area contributed by atoms with Gasteiger partial charge in [-0.25, -0.2) is 9.97 Å². The van der Waals surface area contributed by atoms with Crippen molar-refractivity contribution < 1.29 is 13.3 Å². The second kappa shape index (κ2) is 9.89. The van der Waals surface area contributed by atoms with Gasteiger partial charge in [0, 0.05) is 38.1 Å². The number of nitrogens with zero attached hydrogens (tertiary/aromatic N) is 2. The Hall–Kier alpha value is -6.72. The minimum Gasteiger partial charge on any atom is -0.455 e. The summed E-state index contributed by atoms with van der Waals surface area (Å²) in [6.45, 7) is 0. The molecule has 5 nitrogen and oxygen atoms in total. The average molecular weight is 629 g/mol. The third-order valence-corrected chi connectivity index (χ3v) is 9.71. The van der Waals surface area contributed by atoms with Gasteiger partial charge in [0.15, 0.2) is 11.4 Å². The van der Waals surface area contributed by atoms with Crippen LogP contribution in [0.3, 0.4) is 0 Å². The molecule has 0 unspecified atom stereocenters. The van der Waals surface area contributed by atoms with Crippen molar-refractivity contribution in [2.24, 2.45) is 0 Å². The lowest BCUT2D eigenvalue weighted by Crippen LogP contribution is -1.95. The molecular weight excluding hydrogens is 604 g/mol. The Morgan fingerprint density at radius 1 is 0.388 bits per heavy atom. The third-order valence-electron chi connectivity index (χ3n) is 9.71. The zero-order chi connectivity index (χ0) is 32.1. The summed E-state index contributed by atoms with van der Waals surface area (Å²) in [4.78, 5) is 10.5. The lowest BCUT2D eigenvalue weighted by atomic mass is 9.95. The normalized spacial score (nSPS) is 12.1. The van der Waals surface area contributed by atoms with Gasteiger partial charge >= 0.3 is 0 Å². The molecule has 0 radical (unpaired) electrons. The molecule has 0 aliphatic heterocycles. The van der Waals surface area contributed by atoms with Gasteiger partial charge < -0.3 is 13.3 Å². The molecule has 0 saturated carbocycles. The van der Waals surface area contributed by atoms with Crippen molar-refractivity contribution in [3.8, 4) is 33.8 Å². The molecule has 11 aromatic rings. The Morgan fingerprint density at radius 3 is 1.88 bits per heavy atom. The third kappa shape index (κ3) is 3.81. The van der Waals surface area contributed by atoms with Crippen LogP contribution in [0.15, 0.2) is 159 Å². The first-order valence-corrected chi connectivity index (χ1v) is 16.3. The minimum atomic E-state index is 0.568. The van der Waals surface area contributed by atoms with Crippen LogP contribution >= 0.6 is 0 Å². The number of rotatable bonds is 3. The fraction of sp³-hybridized carbons (Fsp3) is 0. The minimum absolute atomic E-state index is 0.568. The number of para-hydroxylation sites is 4. The molecule has 228 valence electrons. The standard InChI is InChI=1S/C44H24N2O3/c1-2-11-26-24-27(21-20-25(26)10-1)28-22-23-33(38-31-13-4-7-18-36(31)48-42(28)38)40-43-39(32-14-5-8-19-37(32)49-43)45-44(46-40)34-16-9-15-30-29-12-3-6-17-35(29)47-41(30)34/h1-24H. The molecule has 0 atom stereocenters. The molecule has 11 rings (SSSR count). The molecule has 5 heteroatoms. The number of aromatic nitrogens is 2.